The summed E-state index contributed by atoms with van der Waals surface area (Å²) in [6.45, 7) is 3.81. The minimum absolute atomic E-state index is 0.0566. The summed E-state index contributed by atoms with van der Waals surface area (Å²) in [6.07, 6.45) is 1.49. The Kier molecular flexibility index (Phi) is 4.56. The third-order valence-electron chi connectivity index (χ3n) is 4.55. The second-order valence-electron chi connectivity index (χ2n) is 6.52. The van der Waals surface area contributed by atoms with E-state index in [0.717, 1.165) is 15.6 Å². The van der Waals surface area contributed by atoms with E-state index in [1.165, 1.54) is 29.7 Å². The number of aryl methyl sites for hydroxylation is 1. The average Bonchev–Trinajstić information content (AvgIpc) is 3.40. The molecule has 28 heavy (non-hydrogen) atoms. The zero-order valence-corrected chi connectivity index (χ0v) is 16.1. The van der Waals surface area contributed by atoms with Gasteiger partial charge in [-0.1, -0.05) is 0 Å². The number of fused-ring (bicyclic) bond motifs is 1. The third-order valence-corrected chi connectivity index (χ3v) is 5.35. The number of benzene rings is 1. The van der Waals surface area contributed by atoms with Crippen molar-refractivity contribution in [2.24, 2.45) is 0 Å². The van der Waals surface area contributed by atoms with Gasteiger partial charge >= 0.3 is 0 Å². The predicted molar refractivity (Wildman–Crippen MR) is 102 cm³/mol. The number of hydrogen-bond donors (Lipinski definition) is 1. The first kappa shape index (κ1) is 18.1. The van der Waals surface area contributed by atoms with Gasteiger partial charge < -0.3 is 9.73 Å². The van der Waals surface area contributed by atoms with Crippen molar-refractivity contribution in [1.82, 2.24) is 15.2 Å². The molecule has 0 fully saturated rings. The Morgan fingerprint density at radius 2 is 2.04 bits per heavy atom. The molecule has 1 unspecified atom stereocenters. The molecule has 7 nitrogen and oxygen atoms in total. The molecule has 1 atom stereocenters. The van der Waals surface area contributed by atoms with E-state index >= 15 is 0 Å². The molecule has 0 radical (unpaired) electrons. The van der Waals surface area contributed by atoms with Gasteiger partial charge in [-0.2, -0.15) is 0 Å². The molecular weight excluding hydrogens is 378 g/mol. The average molecular weight is 395 g/mol. The number of aromatic nitrogens is 1. The summed E-state index contributed by atoms with van der Waals surface area (Å²) in [5.74, 6) is -0.644. The Morgan fingerprint density at radius 3 is 2.71 bits per heavy atom. The Labute approximate surface area is 165 Å². The maximum absolute atomic E-state index is 12.7. The summed E-state index contributed by atoms with van der Waals surface area (Å²) in [5, 5.41) is 5.70. The van der Waals surface area contributed by atoms with E-state index in [-0.39, 0.29) is 29.6 Å². The number of hydrogen-bond acceptors (Lipinski definition) is 6. The van der Waals surface area contributed by atoms with Crippen molar-refractivity contribution < 1.29 is 18.8 Å². The van der Waals surface area contributed by atoms with E-state index in [1.54, 1.807) is 18.2 Å². The fraction of sp³-hybridized carbons (Fsp3) is 0.200. The number of rotatable bonds is 5. The predicted octanol–water partition coefficient (Wildman–Crippen LogP) is 3.33. The van der Waals surface area contributed by atoms with Crippen LogP contribution in [0.2, 0.25) is 0 Å². The molecule has 3 aromatic rings. The molecule has 1 aliphatic rings. The monoisotopic (exact) mass is 395 g/mol. The number of carbonyl (C=O) groups excluding carboxylic acids is 3. The zero-order valence-electron chi connectivity index (χ0n) is 15.3. The van der Waals surface area contributed by atoms with Crippen LogP contribution < -0.4 is 5.32 Å². The van der Waals surface area contributed by atoms with Gasteiger partial charge in [0.1, 0.15) is 5.76 Å². The van der Waals surface area contributed by atoms with Crippen LogP contribution in [0.1, 0.15) is 60.5 Å². The van der Waals surface area contributed by atoms with Crippen molar-refractivity contribution in [3.63, 3.8) is 0 Å². The van der Waals surface area contributed by atoms with E-state index in [1.807, 2.05) is 19.2 Å². The van der Waals surface area contributed by atoms with E-state index in [2.05, 4.69) is 10.3 Å². The molecule has 2 aromatic heterocycles. The van der Waals surface area contributed by atoms with Crippen molar-refractivity contribution in [3.8, 4) is 0 Å². The summed E-state index contributed by atoms with van der Waals surface area (Å²) in [6, 6.07) is 7.66. The lowest BCUT2D eigenvalue weighted by Crippen LogP contribution is -2.29. The fourth-order valence-corrected chi connectivity index (χ4v) is 3.77. The summed E-state index contributed by atoms with van der Waals surface area (Å²) in [5.41, 5.74) is 1.61. The van der Waals surface area contributed by atoms with Gasteiger partial charge in [0.2, 0.25) is 0 Å². The first-order valence-corrected chi connectivity index (χ1v) is 9.57. The quantitative estimate of drug-likeness (QED) is 0.669. The van der Waals surface area contributed by atoms with E-state index < -0.39 is 11.8 Å². The molecule has 1 N–H and O–H groups in total. The molecule has 0 saturated heterocycles. The minimum atomic E-state index is -0.436. The Hall–Kier alpha value is -3.26. The molecule has 3 amide bonds. The Morgan fingerprint density at radius 1 is 1.25 bits per heavy atom. The number of furan rings is 1. The number of imide groups is 1. The van der Waals surface area contributed by atoms with Crippen molar-refractivity contribution in [2.45, 2.75) is 26.4 Å². The number of carbonyl (C=O) groups is 3. The van der Waals surface area contributed by atoms with Gasteiger partial charge in [-0.15, -0.1) is 11.3 Å². The van der Waals surface area contributed by atoms with E-state index in [4.69, 9.17) is 4.42 Å². The lowest BCUT2D eigenvalue weighted by molar-refractivity contribution is 0.0631. The lowest BCUT2D eigenvalue weighted by atomic mass is 10.0. The van der Waals surface area contributed by atoms with Crippen LogP contribution >= 0.6 is 11.3 Å². The normalized spacial score (nSPS) is 14.3. The van der Waals surface area contributed by atoms with Crippen molar-refractivity contribution >= 4 is 29.1 Å². The van der Waals surface area contributed by atoms with Gasteiger partial charge in [0.05, 0.1) is 40.7 Å². The van der Waals surface area contributed by atoms with Gasteiger partial charge in [0, 0.05) is 10.9 Å². The molecule has 0 saturated carbocycles. The Bertz CT molecular complexity index is 1070. The van der Waals surface area contributed by atoms with Crippen molar-refractivity contribution in [1.29, 1.82) is 0 Å². The van der Waals surface area contributed by atoms with Gasteiger partial charge in [0.15, 0.2) is 0 Å². The van der Waals surface area contributed by atoms with Crippen LogP contribution in [0, 0.1) is 6.92 Å². The summed E-state index contributed by atoms with van der Waals surface area (Å²) in [7, 11) is 0. The first-order valence-electron chi connectivity index (χ1n) is 8.69. The molecule has 142 valence electrons. The number of amides is 3. The largest absolute Gasteiger partial charge is 0.467 e. The van der Waals surface area contributed by atoms with Crippen LogP contribution in [-0.2, 0) is 6.54 Å². The van der Waals surface area contributed by atoms with E-state index in [9.17, 15) is 14.4 Å². The van der Waals surface area contributed by atoms with Crippen molar-refractivity contribution in [3.05, 3.63) is 75.1 Å². The molecule has 1 aromatic carbocycles. The van der Waals surface area contributed by atoms with Gasteiger partial charge in [0.25, 0.3) is 17.7 Å². The molecule has 1 aliphatic heterocycles. The van der Waals surface area contributed by atoms with Gasteiger partial charge in [-0.05, 0) is 44.2 Å². The summed E-state index contributed by atoms with van der Waals surface area (Å²) >= 11 is 1.52. The minimum Gasteiger partial charge on any atom is -0.467 e. The highest BCUT2D eigenvalue weighted by Gasteiger charge is 2.36. The number of nitrogens with zero attached hydrogens (tertiary/aromatic N) is 2. The van der Waals surface area contributed by atoms with Crippen LogP contribution in [0.25, 0.3) is 0 Å². The number of nitrogens with one attached hydrogen (secondary N) is 1. The van der Waals surface area contributed by atoms with Crippen LogP contribution in [0.5, 0.6) is 0 Å². The van der Waals surface area contributed by atoms with Crippen LogP contribution in [0.4, 0.5) is 0 Å². The number of thiazole rings is 1. The highest BCUT2D eigenvalue weighted by atomic mass is 32.1. The maximum Gasteiger partial charge on any atom is 0.261 e. The molecule has 8 heteroatoms. The Balaban J connectivity index is 1.53. The smallest absolute Gasteiger partial charge is 0.261 e. The maximum atomic E-state index is 12.7. The van der Waals surface area contributed by atoms with Crippen LogP contribution in [0.15, 0.2) is 46.4 Å². The van der Waals surface area contributed by atoms with Gasteiger partial charge in [-0.3, -0.25) is 19.3 Å². The van der Waals surface area contributed by atoms with Crippen LogP contribution in [-0.4, -0.2) is 27.6 Å². The highest BCUT2D eigenvalue weighted by Crippen LogP contribution is 2.26. The fourth-order valence-electron chi connectivity index (χ4n) is 3.07. The highest BCUT2D eigenvalue weighted by molar-refractivity contribution is 7.09. The molecule has 4 rings (SSSR count). The molecule has 0 bridgehead atoms. The summed E-state index contributed by atoms with van der Waals surface area (Å²) in [4.78, 5) is 43.3. The topological polar surface area (TPSA) is 92.5 Å². The first-order chi connectivity index (χ1) is 13.4. The van der Waals surface area contributed by atoms with Crippen LogP contribution in [0.3, 0.4) is 0 Å². The molecule has 3 heterocycles. The second-order valence-corrected chi connectivity index (χ2v) is 7.58. The summed E-state index contributed by atoms with van der Waals surface area (Å²) < 4.78 is 5.23. The third kappa shape index (κ3) is 3.22. The molecular formula is C20H17N3O4S. The van der Waals surface area contributed by atoms with E-state index in [0.29, 0.717) is 11.3 Å². The van der Waals surface area contributed by atoms with Crippen molar-refractivity contribution in [2.75, 3.05) is 0 Å². The molecule has 0 aliphatic carbocycles. The molecule has 0 spiro atoms. The standard InChI is InChI=1S/C20H17N3O4S/c1-11(17-10-28-12(2)22-17)21-18(24)13-5-6-15-16(8-13)20(26)23(19(15)25)9-14-4-3-7-27-14/h3-8,10-11H,9H2,1-2H3,(H,21,24). The van der Waals surface area contributed by atoms with Gasteiger partial charge in [-0.25, -0.2) is 4.98 Å². The second kappa shape index (κ2) is 7.05. The zero-order chi connectivity index (χ0) is 19.8. The lowest BCUT2D eigenvalue weighted by Gasteiger charge is -2.12. The SMILES string of the molecule is Cc1nc(C(C)NC(=O)c2ccc3c(c2)C(=O)N(Cc2ccco2)C3=O)cs1.